The summed E-state index contributed by atoms with van der Waals surface area (Å²) in [5, 5.41) is 14.0. The largest absolute Gasteiger partial charge is 0.340 e. The molecule has 1 aromatic carbocycles. The van der Waals surface area contributed by atoms with Gasteiger partial charge in [0.2, 0.25) is 6.41 Å². The molecule has 4 rings (SSSR count). The van der Waals surface area contributed by atoms with E-state index in [0.29, 0.717) is 12.1 Å². The molecule has 2 aromatic rings. The highest BCUT2D eigenvalue weighted by atomic mass is 16.1. The van der Waals surface area contributed by atoms with Gasteiger partial charge in [-0.05, 0) is 43.5 Å². The quantitative estimate of drug-likeness (QED) is 0.721. The van der Waals surface area contributed by atoms with Crippen molar-refractivity contribution in [2.75, 3.05) is 18.0 Å². The zero-order chi connectivity index (χ0) is 21.4. The highest BCUT2D eigenvalue weighted by Crippen LogP contribution is 2.37. The van der Waals surface area contributed by atoms with Crippen molar-refractivity contribution >= 4 is 17.9 Å². The number of fused-ring (bicyclic) bond motifs is 2. The molecule has 1 aromatic heterocycles. The number of carbonyl (C=O) groups is 1. The van der Waals surface area contributed by atoms with Gasteiger partial charge in [-0.1, -0.05) is 27.7 Å². The molecule has 0 N–H and O–H groups in total. The first-order valence-electron chi connectivity index (χ1n) is 10.8. The van der Waals surface area contributed by atoms with E-state index in [9.17, 15) is 4.79 Å². The van der Waals surface area contributed by atoms with E-state index in [4.69, 9.17) is 10.4 Å². The Hall–Kier alpha value is -2.81. The number of aromatic nitrogens is 2. The lowest BCUT2D eigenvalue weighted by Gasteiger charge is -2.32. The normalized spacial score (nSPS) is 14.3. The van der Waals surface area contributed by atoms with E-state index in [-0.39, 0.29) is 0 Å². The molecule has 0 bridgehead atoms. The van der Waals surface area contributed by atoms with Gasteiger partial charge >= 0.3 is 0 Å². The minimum absolute atomic E-state index is 0.621. The van der Waals surface area contributed by atoms with Gasteiger partial charge in [0, 0.05) is 43.0 Å². The number of carbonyl (C=O) groups excluding carboxylic acids is 1. The molecular formula is C23H33N5O. The Morgan fingerprint density at radius 1 is 1.17 bits per heavy atom. The number of rotatable bonds is 3. The van der Waals surface area contributed by atoms with Crippen molar-refractivity contribution < 1.29 is 4.79 Å². The van der Waals surface area contributed by atoms with Crippen LogP contribution in [0.5, 0.6) is 0 Å². The van der Waals surface area contributed by atoms with Gasteiger partial charge in [-0.25, -0.2) is 0 Å². The molecule has 1 amide bonds. The fraction of sp³-hybridized carbons (Fsp3) is 0.522. The predicted octanol–water partition coefficient (Wildman–Crippen LogP) is 4.43. The fourth-order valence-electron chi connectivity index (χ4n) is 3.95. The van der Waals surface area contributed by atoms with E-state index in [2.05, 4.69) is 22.6 Å². The Bertz CT molecular complexity index is 865. The summed E-state index contributed by atoms with van der Waals surface area (Å²) in [4.78, 5) is 15.3. The highest BCUT2D eigenvalue weighted by Gasteiger charge is 2.29. The summed E-state index contributed by atoms with van der Waals surface area (Å²) >= 11 is 0. The number of nitriles is 1. The van der Waals surface area contributed by atoms with E-state index in [1.54, 1.807) is 0 Å². The van der Waals surface area contributed by atoms with Crippen LogP contribution < -0.4 is 4.90 Å². The number of nitrogens with zero attached hydrogens (tertiary/aromatic N) is 5. The van der Waals surface area contributed by atoms with Gasteiger partial charge in [-0.2, -0.15) is 10.4 Å². The Labute approximate surface area is 174 Å². The molecule has 0 radical (unpaired) electrons. The maximum atomic E-state index is 11.3. The topological polar surface area (TPSA) is 65.2 Å². The van der Waals surface area contributed by atoms with E-state index >= 15 is 0 Å². The summed E-state index contributed by atoms with van der Waals surface area (Å²) < 4.78 is 2.07. The lowest BCUT2D eigenvalue weighted by Crippen LogP contribution is -2.31. The van der Waals surface area contributed by atoms with Crippen LogP contribution in [-0.2, 0) is 30.7 Å². The summed E-state index contributed by atoms with van der Waals surface area (Å²) in [6.07, 6.45) is 3.80. The Morgan fingerprint density at radius 2 is 1.93 bits per heavy atom. The van der Waals surface area contributed by atoms with Crippen molar-refractivity contribution in [3.8, 4) is 6.07 Å². The Morgan fingerprint density at radius 3 is 2.59 bits per heavy atom. The Balaban J connectivity index is 0.000000707. The molecule has 0 saturated heterocycles. The third kappa shape index (κ3) is 4.45. The molecule has 156 valence electrons. The number of hydrogen-bond acceptors (Lipinski definition) is 4. The maximum absolute atomic E-state index is 11.3. The van der Waals surface area contributed by atoms with Crippen LogP contribution in [0.25, 0.3) is 0 Å². The van der Waals surface area contributed by atoms with Crippen LogP contribution in [0.3, 0.4) is 0 Å². The molecule has 0 saturated carbocycles. The van der Waals surface area contributed by atoms with Gasteiger partial charge in [0.1, 0.15) is 0 Å². The van der Waals surface area contributed by atoms with Crippen LogP contribution in [0.4, 0.5) is 11.5 Å². The van der Waals surface area contributed by atoms with Crippen LogP contribution in [0, 0.1) is 11.3 Å². The second kappa shape index (κ2) is 10.7. The van der Waals surface area contributed by atoms with E-state index in [1.165, 1.54) is 11.3 Å². The number of benzene rings is 1. The van der Waals surface area contributed by atoms with Crippen LogP contribution >= 0.6 is 0 Å². The van der Waals surface area contributed by atoms with Crippen molar-refractivity contribution in [1.82, 2.24) is 14.7 Å². The number of aryl methyl sites for hydroxylation is 2. The van der Waals surface area contributed by atoms with Crippen LogP contribution in [0.15, 0.2) is 18.2 Å². The summed E-state index contributed by atoms with van der Waals surface area (Å²) in [7, 11) is 0. The standard InChI is InChI=1S/C19H21N5O.2C2H6/c1-2-24-18-7-9-22(13-25)12-16(18)19(21-24)23-8-3-4-15-10-14(11-20)5-6-17(15)23;2*1-2/h5-6,10,13H,2-4,7-9,12H2,1H3;2*1-2H3. The second-order valence-corrected chi connectivity index (χ2v) is 6.60. The van der Waals surface area contributed by atoms with Crippen molar-refractivity contribution in [2.24, 2.45) is 0 Å². The second-order valence-electron chi connectivity index (χ2n) is 6.60. The SMILES string of the molecule is CC.CC.CCn1nc(N2CCCc3cc(C#N)ccc32)c2c1CCN(C=O)C2. The molecular weight excluding hydrogens is 362 g/mol. The molecule has 0 spiro atoms. The zero-order valence-corrected chi connectivity index (χ0v) is 18.4. The zero-order valence-electron chi connectivity index (χ0n) is 18.4. The summed E-state index contributed by atoms with van der Waals surface area (Å²) in [6, 6.07) is 8.12. The molecule has 0 atom stereocenters. The van der Waals surface area contributed by atoms with E-state index < -0.39 is 0 Å². The van der Waals surface area contributed by atoms with Gasteiger partial charge in [0.25, 0.3) is 0 Å². The van der Waals surface area contributed by atoms with Crippen molar-refractivity contribution in [3.05, 3.63) is 40.6 Å². The smallest absolute Gasteiger partial charge is 0.210 e. The maximum Gasteiger partial charge on any atom is 0.210 e. The molecule has 29 heavy (non-hydrogen) atoms. The van der Waals surface area contributed by atoms with Gasteiger partial charge < -0.3 is 9.80 Å². The molecule has 0 fully saturated rings. The molecule has 3 heterocycles. The molecule has 6 heteroatoms. The lowest BCUT2D eigenvalue weighted by atomic mass is 9.98. The van der Waals surface area contributed by atoms with Crippen LogP contribution in [0.1, 0.15) is 63.4 Å². The number of hydrogen-bond donors (Lipinski definition) is 0. The minimum atomic E-state index is 0.621. The summed E-state index contributed by atoms with van der Waals surface area (Å²) in [5.74, 6) is 0.967. The van der Waals surface area contributed by atoms with Crippen molar-refractivity contribution in [2.45, 2.75) is 67.0 Å². The van der Waals surface area contributed by atoms with Crippen LogP contribution in [-0.4, -0.2) is 34.2 Å². The Kier molecular flexibility index (Phi) is 8.26. The first kappa shape index (κ1) is 22.5. The van der Waals surface area contributed by atoms with E-state index in [0.717, 1.165) is 62.4 Å². The lowest BCUT2D eigenvalue weighted by molar-refractivity contribution is -0.118. The van der Waals surface area contributed by atoms with Gasteiger partial charge in [0.05, 0.1) is 18.2 Å². The summed E-state index contributed by atoms with van der Waals surface area (Å²) in [6.45, 7) is 13.2. The first-order chi connectivity index (χ1) is 14.2. The van der Waals surface area contributed by atoms with Crippen molar-refractivity contribution in [1.29, 1.82) is 5.26 Å². The molecule has 2 aliphatic heterocycles. The highest BCUT2D eigenvalue weighted by molar-refractivity contribution is 5.70. The van der Waals surface area contributed by atoms with Crippen LogP contribution in [0.2, 0.25) is 0 Å². The minimum Gasteiger partial charge on any atom is -0.340 e. The van der Waals surface area contributed by atoms with Crippen molar-refractivity contribution in [3.63, 3.8) is 0 Å². The summed E-state index contributed by atoms with van der Waals surface area (Å²) in [5.41, 5.74) is 5.45. The molecule has 6 nitrogen and oxygen atoms in total. The van der Waals surface area contributed by atoms with Gasteiger partial charge in [-0.3, -0.25) is 9.48 Å². The first-order valence-corrected chi connectivity index (χ1v) is 10.8. The number of amides is 1. The number of anilines is 2. The third-order valence-corrected chi connectivity index (χ3v) is 5.17. The molecule has 0 aliphatic carbocycles. The van der Waals surface area contributed by atoms with Gasteiger partial charge in [0.15, 0.2) is 5.82 Å². The fourth-order valence-corrected chi connectivity index (χ4v) is 3.95. The van der Waals surface area contributed by atoms with Gasteiger partial charge in [-0.15, -0.1) is 0 Å². The molecule has 0 unspecified atom stereocenters. The molecule has 2 aliphatic rings. The van der Waals surface area contributed by atoms with E-state index in [1.807, 2.05) is 50.8 Å². The predicted molar refractivity (Wildman–Crippen MR) is 117 cm³/mol. The monoisotopic (exact) mass is 395 g/mol. The third-order valence-electron chi connectivity index (χ3n) is 5.17. The average Bonchev–Trinajstić information content (AvgIpc) is 3.18. The average molecular weight is 396 g/mol.